The molecule has 0 saturated carbocycles. The molecule has 2 aliphatic carbocycles. The first-order valence-corrected chi connectivity index (χ1v) is 26.2. The van der Waals surface area contributed by atoms with Crippen LogP contribution < -0.4 is 14.7 Å². The molecule has 0 aliphatic heterocycles. The fourth-order valence-corrected chi connectivity index (χ4v) is 12.9. The van der Waals surface area contributed by atoms with E-state index in [2.05, 4.69) is 262 Å². The van der Waals surface area contributed by atoms with Gasteiger partial charge in [0, 0.05) is 39.2 Å². The number of anilines is 9. The largest absolute Gasteiger partial charge is 0.454 e. The van der Waals surface area contributed by atoms with Gasteiger partial charge in [-0.3, -0.25) is 0 Å². The zero-order valence-electron chi connectivity index (χ0n) is 44.9. The summed E-state index contributed by atoms with van der Waals surface area (Å²) in [4.78, 5) is 7.52. The Bertz CT molecular complexity index is 3530. The predicted octanol–water partition coefficient (Wildman–Crippen LogP) is 19.8. The Hall–Kier alpha value is -7.04. The highest BCUT2D eigenvalue weighted by molar-refractivity contribution is 6.10. The minimum atomic E-state index is 0.00414. The molecule has 4 nitrogen and oxygen atoms in total. The van der Waals surface area contributed by atoms with E-state index in [0.717, 1.165) is 81.0 Å². The Morgan fingerprint density at radius 1 is 0.361 bits per heavy atom. The van der Waals surface area contributed by atoms with Crippen LogP contribution in [0.3, 0.4) is 0 Å². The topological polar surface area (TPSA) is 22.9 Å². The quantitative estimate of drug-likeness (QED) is 0.144. The van der Waals surface area contributed by atoms with Gasteiger partial charge in [-0.05, 0) is 198 Å². The molecular formula is C68H71N3O. The Kier molecular flexibility index (Phi) is 11.2. The SMILES string of the molecule is Cc1cc(N(c2cc(N(c3ccccc3)c3ccccc3)ccc2C)c2cc3c(cc2C)C(C)(C)CCC3(C)C)c(C)c(N(c2cc3c(cc2C)C(C)(C)CC3(C)C)c2cccc3c2oc2ccccc23)c1. The molecule has 4 heteroatoms. The minimum absolute atomic E-state index is 0.00414. The lowest BCUT2D eigenvalue weighted by molar-refractivity contribution is 0.332. The van der Waals surface area contributed by atoms with Crippen LogP contribution in [0.2, 0.25) is 0 Å². The lowest BCUT2D eigenvalue weighted by Gasteiger charge is -2.43. The lowest BCUT2D eigenvalue weighted by Crippen LogP contribution is -2.34. The Morgan fingerprint density at radius 2 is 0.833 bits per heavy atom. The van der Waals surface area contributed by atoms with Crippen LogP contribution in [0.5, 0.6) is 0 Å². The van der Waals surface area contributed by atoms with E-state index in [1.807, 2.05) is 0 Å². The third kappa shape index (κ3) is 7.81. The standard InChI is InChI=1S/C68H71N3O/c1-43-35-61(70(57-29-22-28-52-51-27-20-21-30-63(51)72-64(52)57)59-41-56-54(38-46(59)4)67(10,11)42-68(56,12)13)47(5)62(36-43)71(60-40-55-53(37-45(60)3)65(6,7)33-34-66(55,8)9)58-39-50(32-31-44(58)2)69(48-23-16-14-17-24-48)49-25-18-15-19-26-49/h14-32,35-41H,33-34,42H2,1-13H3. The molecule has 0 N–H and O–H groups in total. The Balaban J connectivity index is 1.21. The van der Waals surface area contributed by atoms with E-state index < -0.39 is 0 Å². The van der Waals surface area contributed by atoms with E-state index in [-0.39, 0.29) is 21.7 Å². The molecule has 0 unspecified atom stereocenters. The summed E-state index contributed by atoms with van der Waals surface area (Å²) in [6.45, 7) is 31.0. The van der Waals surface area contributed by atoms with Gasteiger partial charge in [0.15, 0.2) is 5.58 Å². The van der Waals surface area contributed by atoms with Gasteiger partial charge < -0.3 is 19.1 Å². The molecule has 1 heterocycles. The van der Waals surface area contributed by atoms with Gasteiger partial charge in [0.2, 0.25) is 0 Å². The maximum absolute atomic E-state index is 6.97. The van der Waals surface area contributed by atoms with Crippen LogP contribution in [0.25, 0.3) is 21.9 Å². The fraction of sp³-hybridized carbons (Fsp3) is 0.294. The Morgan fingerprint density at radius 3 is 1.42 bits per heavy atom. The number of aryl methyl sites for hydroxylation is 4. The zero-order valence-corrected chi connectivity index (χ0v) is 44.9. The molecule has 0 saturated heterocycles. The second kappa shape index (κ2) is 17.0. The van der Waals surface area contributed by atoms with Crippen molar-refractivity contribution in [1.29, 1.82) is 0 Å². The normalized spacial score (nSPS) is 16.1. The van der Waals surface area contributed by atoms with Crippen LogP contribution >= 0.6 is 0 Å². The van der Waals surface area contributed by atoms with Gasteiger partial charge in [0.05, 0.1) is 22.7 Å². The highest BCUT2D eigenvalue weighted by Crippen LogP contribution is 2.56. The van der Waals surface area contributed by atoms with Crippen LogP contribution in [0.15, 0.2) is 162 Å². The van der Waals surface area contributed by atoms with Crippen LogP contribution in [-0.4, -0.2) is 0 Å². The van der Waals surface area contributed by atoms with Crippen molar-refractivity contribution in [3.05, 3.63) is 208 Å². The molecule has 9 aromatic rings. The number of hydrogen-bond acceptors (Lipinski definition) is 4. The molecule has 1 aromatic heterocycles. The molecule has 364 valence electrons. The number of nitrogens with zero attached hydrogens (tertiary/aromatic N) is 3. The van der Waals surface area contributed by atoms with Crippen molar-refractivity contribution in [2.75, 3.05) is 14.7 Å². The van der Waals surface area contributed by atoms with Crippen molar-refractivity contribution in [2.24, 2.45) is 0 Å². The van der Waals surface area contributed by atoms with Crippen LogP contribution in [-0.2, 0) is 21.7 Å². The van der Waals surface area contributed by atoms with Crippen molar-refractivity contribution < 1.29 is 4.42 Å². The summed E-state index contributed by atoms with van der Waals surface area (Å²) in [5.74, 6) is 0. The van der Waals surface area contributed by atoms with Crippen molar-refractivity contribution in [3.8, 4) is 0 Å². The molecule has 0 spiro atoms. The summed E-state index contributed by atoms with van der Waals surface area (Å²) in [5.41, 5.74) is 23.9. The van der Waals surface area contributed by atoms with Crippen LogP contribution in [0.1, 0.15) is 125 Å². The molecule has 11 rings (SSSR count). The number of para-hydroxylation sites is 4. The maximum Gasteiger partial charge on any atom is 0.159 e. The third-order valence-electron chi connectivity index (χ3n) is 16.7. The van der Waals surface area contributed by atoms with Gasteiger partial charge in [0.25, 0.3) is 0 Å². The van der Waals surface area contributed by atoms with Crippen molar-refractivity contribution in [1.82, 2.24) is 0 Å². The number of benzene rings is 8. The first-order valence-electron chi connectivity index (χ1n) is 26.2. The minimum Gasteiger partial charge on any atom is -0.454 e. The fourth-order valence-electron chi connectivity index (χ4n) is 12.9. The van der Waals surface area contributed by atoms with Crippen molar-refractivity contribution in [2.45, 2.75) is 131 Å². The molecule has 72 heavy (non-hydrogen) atoms. The van der Waals surface area contributed by atoms with E-state index in [9.17, 15) is 0 Å². The van der Waals surface area contributed by atoms with E-state index >= 15 is 0 Å². The maximum atomic E-state index is 6.97. The van der Waals surface area contributed by atoms with Gasteiger partial charge in [0.1, 0.15) is 5.58 Å². The molecule has 0 atom stereocenters. The second-order valence-corrected chi connectivity index (χ2v) is 23.9. The highest BCUT2D eigenvalue weighted by Gasteiger charge is 2.43. The summed E-state index contributed by atoms with van der Waals surface area (Å²) in [7, 11) is 0. The predicted molar refractivity (Wildman–Crippen MR) is 307 cm³/mol. The lowest BCUT2D eigenvalue weighted by atomic mass is 9.63. The summed E-state index contributed by atoms with van der Waals surface area (Å²) in [6, 6.07) is 58.6. The average molecular weight is 946 g/mol. The number of furan rings is 1. The van der Waals surface area contributed by atoms with Gasteiger partial charge >= 0.3 is 0 Å². The molecule has 2 aliphatic rings. The molecule has 0 amide bonds. The summed E-state index contributed by atoms with van der Waals surface area (Å²) in [5, 5.41) is 2.24. The number of rotatable bonds is 9. The molecule has 0 radical (unpaired) electrons. The Labute approximate surface area is 428 Å². The van der Waals surface area contributed by atoms with Crippen LogP contribution in [0.4, 0.5) is 51.2 Å². The smallest absolute Gasteiger partial charge is 0.159 e. The van der Waals surface area contributed by atoms with Gasteiger partial charge in [-0.2, -0.15) is 0 Å². The van der Waals surface area contributed by atoms with E-state index in [0.29, 0.717) is 0 Å². The first kappa shape index (κ1) is 47.3. The molecule has 0 fully saturated rings. The van der Waals surface area contributed by atoms with E-state index in [1.165, 1.54) is 61.4 Å². The number of fused-ring (bicyclic) bond motifs is 5. The van der Waals surface area contributed by atoms with Crippen molar-refractivity contribution >= 4 is 73.1 Å². The number of hydrogen-bond donors (Lipinski definition) is 0. The zero-order chi connectivity index (χ0) is 50.6. The molecule has 8 aromatic carbocycles. The third-order valence-corrected chi connectivity index (χ3v) is 16.7. The summed E-state index contributed by atoms with van der Waals surface area (Å²) in [6.07, 6.45) is 3.39. The van der Waals surface area contributed by atoms with Crippen molar-refractivity contribution in [3.63, 3.8) is 0 Å². The summed E-state index contributed by atoms with van der Waals surface area (Å²) < 4.78 is 6.97. The monoisotopic (exact) mass is 946 g/mol. The van der Waals surface area contributed by atoms with E-state index in [4.69, 9.17) is 4.42 Å². The highest BCUT2D eigenvalue weighted by atomic mass is 16.3. The molecular weight excluding hydrogens is 875 g/mol. The second-order valence-electron chi connectivity index (χ2n) is 23.9. The van der Waals surface area contributed by atoms with Gasteiger partial charge in [-0.25, -0.2) is 0 Å². The van der Waals surface area contributed by atoms with Crippen LogP contribution in [0, 0.1) is 34.6 Å². The molecule has 0 bridgehead atoms. The first-order chi connectivity index (χ1) is 34.2. The summed E-state index contributed by atoms with van der Waals surface area (Å²) >= 11 is 0. The van der Waals surface area contributed by atoms with Gasteiger partial charge in [-0.1, -0.05) is 140 Å². The van der Waals surface area contributed by atoms with E-state index in [1.54, 1.807) is 0 Å². The average Bonchev–Trinajstić information content (AvgIpc) is 3.81. The van der Waals surface area contributed by atoms with Gasteiger partial charge in [-0.15, -0.1) is 0 Å².